The number of rotatable bonds is 4. The van der Waals surface area contributed by atoms with E-state index in [-0.39, 0.29) is 23.7 Å². The van der Waals surface area contributed by atoms with Crippen molar-refractivity contribution in [3.8, 4) is 5.75 Å². The van der Waals surface area contributed by atoms with Gasteiger partial charge in [0.2, 0.25) is 9.84 Å². The van der Waals surface area contributed by atoms with E-state index in [4.69, 9.17) is 4.74 Å². The molecule has 0 amide bonds. The average Bonchev–Trinajstić information content (AvgIpc) is 2.43. The fourth-order valence-electron chi connectivity index (χ4n) is 2.45. The van der Waals surface area contributed by atoms with Gasteiger partial charge < -0.3 is 9.84 Å². The molecule has 0 radical (unpaired) electrons. The predicted octanol–water partition coefficient (Wildman–Crippen LogP) is 2.18. The van der Waals surface area contributed by atoms with Gasteiger partial charge in [-0.3, -0.25) is 0 Å². The zero-order valence-electron chi connectivity index (χ0n) is 11.1. The molecule has 1 saturated carbocycles. The van der Waals surface area contributed by atoms with Crippen molar-refractivity contribution in [2.45, 2.75) is 36.0 Å². The predicted molar refractivity (Wildman–Crippen MR) is 68.7 cm³/mol. The van der Waals surface area contributed by atoms with Crippen molar-refractivity contribution in [2.24, 2.45) is 5.92 Å². The van der Waals surface area contributed by atoms with E-state index in [2.05, 4.69) is 0 Å². The van der Waals surface area contributed by atoms with Crippen LogP contribution in [0.25, 0.3) is 0 Å². The molecule has 1 aromatic rings. The van der Waals surface area contributed by atoms with Crippen LogP contribution < -0.4 is 4.74 Å². The second-order valence-electron chi connectivity index (χ2n) is 4.98. The van der Waals surface area contributed by atoms with Crippen LogP contribution in [0.5, 0.6) is 5.75 Å². The first kappa shape index (κ1) is 15.2. The number of aliphatic hydroxyl groups is 1. The van der Waals surface area contributed by atoms with Crippen molar-refractivity contribution in [3.63, 3.8) is 0 Å². The Labute approximate surface area is 116 Å². The van der Waals surface area contributed by atoms with Gasteiger partial charge in [-0.1, -0.05) is 13.0 Å². The van der Waals surface area contributed by atoms with E-state index in [0.717, 1.165) is 11.6 Å². The Kier molecular flexibility index (Phi) is 4.02. The lowest BCUT2D eigenvalue weighted by atomic mass is 9.69. The SMILES string of the molecule is COc1cc(C2CC(O)C2C)ccc1S(=O)(=O)C(F)F. The summed E-state index contributed by atoms with van der Waals surface area (Å²) in [5, 5.41) is 9.50. The Morgan fingerprint density at radius 2 is 2.05 bits per heavy atom. The van der Waals surface area contributed by atoms with Gasteiger partial charge in [0, 0.05) is 0 Å². The Balaban J connectivity index is 2.39. The van der Waals surface area contributed by atoms with E-state index in [9.17, 15) is 22.3 Å². The largest absolute Gasteiger partial charge is 0.495 e. The lowest BCUT2D eigenvalue weighted by molar-refractivity contribution is 0.0116. The summed E-state index contributed by atoms with van der Waals surface area (Å²) in [6.07, 6.45) is 0.195. The van der Waals surface area contributed by atoms with Crippen LogP contribution in [0.2, 0.25) is 0 Å². The molecule has 1 aliphatic carbocycles. The van der Waals surface area contributed by atoms with E-state index in [1.54, 1.807) is 0 Å². The Morgan fingerprint density at radius 1 is 1.40 bits per heavy atom. The topological polar surface area (TPSA) is 63.6 Å². The Bertz CT molecular complexity index is 600. The molecule has 112 valence electrons. The third-order valence-corrected chi connectivity index (χ3v) is 5.31. The highest BCUT2D eigenvalue weighted by Crippen LogP contribution is 2.44. The van der Waals surface area contributed by atoms with Crippen LogP contribution in [0.1, 0.15) is 24.8 Å². The number of methoxy groups -OCH3 is 1. The molecule has 0 bridgehead atoms. The molecule has 1 N–H and O–H groups in total. The molecule has 0 aromatic heterocycles. The van der Waals surface area contributed by atoms with Gasteiger partial charge in [0.05, 0.1) is 13.2 Å². The molecule has 3 atom stereocenters. The van der Waals surface area contributed by atoms with Crippen molar-refractivity contribution < 1.29 is 27.0 Å². The van der Waals surface area contributed by atoms with Crippen molar-refractivity contribution in [3.05, 3.63) is 23.8 Å². The zero-order valence-corrected chi connectivity index (χ0v) is 11.9. The van der Waals surface area contributed by atoms with Crippen LogP contribution in [0.3, 0.4) is 0 Å². The first-order chi connectivity index (χ1) is 9.28. The fraction of sp³-hybridized carbons (Fsp3) is 0.538. The first-order valence-electron chi connectivity index (χ1n) is 6.17. The lowest BCUT2D eigenvalue weighted by Gasteiger charge is -2.39. The molecule has 0 spiro atoms. The molecule has 2 rings (SSSR count). The number of hydrogen-bond acceptors (Lipinski definition) is 4. The zero-order chi connectivity index (χ0) is 15.1. The summed E-state index contributed by atoms with van der Waals surface area (Å²) in [4.78, 5) is -0.508. The van der Waals surface area contributed by atoms with Gasteiger partial charge in [-0.2, -0.15) is 8.78 Å². The number of hydrogen-bond donors (Lipinski definition) is 1. The monoisotopic (exact) mass is 306 g/mol. The summed E-state index contributed by atoms with van der Waals surface area (Å²) in [5.41, 5.74) is 0.785. The molecule has 7 heteroatoms. The number of halogens is 2. The quantitative estimate of drug-likeness (QED) is 0.926. The Hall–Kier alpha value is -1.21. The van der Waals surface area contributed by atoms with Gasteiger partial charge in [-0.05, 0) is 36.0 Å². The normalized spacial score (nSPS) is 26.4. The number of ether oxygens (including phenoxy) is 1. The summed E-state index contributed by atoms with van der Waals surface area (Å²) in [6.45, 7) is 1.88. The maximum Gasteiger partial charge on any atom is 0.341 e. The summed E-state index contributed by atoms with van der Waals surface area (Å²) < 4.78 is 53.1. The van der Waals surface area contributed by atoms with E-state index >= 15 is 0 Å². The van der Waals surface area contributed by atoms with E-state index in [1.807, 2.05) is 6.92 Å². The molecule has 0 saturated heterocycles. The molecule has 0 heterocycles. The number of aliphatic hydroxyl groups excluding tert-OH is 1. The van der Waals surface area contributed by atoms with E-state index < -0.39 is 20.5 Å². The molecule has 20 heavy (non-hydrogen) atoms. The van der Waals surface area contributed by atoms with Crippen LogP contribution in [0.15, 0.2) is 23.1 Å². The van der Waals surface area contributed by atoms with E-state index in [1.165, 1.54) is 19.2 Å². The molecule has 3 unspecified atom stereocenters. The minimum absolute atomic E-state index is 0.0530. The smallest absolute Gasteiger partial charge is 0.341 e. The van der Waals surface area contributed by atoms with Gasteiger partial charge in [0.25, 0.3) is 0 Å². The number of alkyl halides is 2. The van der Waals surface area contributed by atoms with Crippen molar-refractivity contribution in [1.82, 2.24) is 0 Å². The third kappa shape index (κ3) is 2.40. The Morgan fingerprint density at radius 3 is 2.50 bits per heavy atom. The van der Waals surface area contributed by atoms with Crippen LogP contribution in [0.4, 0.5) is 8.78 Å². The highest BCUT2D eigenvalue weighted by molar-refractivity contribution is 7.91. The van der Waals surface area contributed by atoms with Crippen molar-refractivity contribution in [1.29, 1.82) is 0 Å². The van der Waals surface area contributed by atoms with Crippen LogP contribution in [-0.4, -0.2) is 32.5 Å². The summed E-state index contributed by atoms with van der Waals surface area (Å²) in [6, 6.07) is 4.11. The summed E-state index contributed by atoms with van der Waals surface area (Å²) in [7, 11) is -3.44. The van der Waals surface area contributed by atoms with Crippen LogP contribution >= 0.6 is 0 Å². The second-order valence-corrected chi connectivity index (χ2v) is 6.87. The van der Waals surface area contributed by atoms with Crippen LogP contribution in [-0.2, 0) is 9.84 Å². The third-order valence-electron chi connectivity index (χ3n) is 3.89. The number of sulfone groups is 1. The average molecular weight is 306 g/mol. The van der Waals surface area contributed by atoms with Gasteiger partial charge in [-0.25, -0.2) is 8.42 Å². The van der Waals surface area contributed by atoms with Gasteiger partial charge in [-0.15, -0.1) is 0 Å². The number of benzene rings is 1. The standard InChI is InChI=1S/C13H16F2O4S/c1-7-9(6-10(7)16)8-3-4-12(11(5-8)19-2)20(17,18)13(14)15/h3-5,7,9-10,13,16H,6H2,1-2H3. The van der Waals surface area contributed by atoms with Crippen molar-refractivity contribution in [2.75, 3.05) is 7.11 Å². The minimum atomic E-state index is -4.68. The molecule has 4 nitrogen and oxygen atoms in total. The molecule has 1 fully saturated rings. The minimum Gasteiger partial charge on any atom is -0.495 e. The summed E-state index contributed by atoms with van der Waals surface area (Å²) >= 11 is 0. The molecule has 1 aliphatic rings. The molecular weight excluding hydrogens is 290 g/mol. The maximum atomic E-state index is 12.6. The molecular formula is C13H16F2O4S. The van der Waals surface area contributed by atoms with E-state index in [0.29, 0.717) is 6.42 Å². The highest BCUT2D eigenvalue weighted by atomic mass is 32.2. The second kappa shape index (κ2) is 5.29. The van der Waals surface area contributed by atoms with Gasteiger partial charge in [0.15, 0.2) is 0 Å². The summed E-state index contributed by atoms with van der Waals surface area (Å²) in [5.74, 6) is -3.43. The highest BCUT2D eigenvalue weighted by Gasteiger charge is 2.38. The maximum absolute atomic E-state index is 12.6. The molecule has 0 aliphatic heterocycles. The van der Waals surface area contributed by atoms with Crippen molar-refractivity contribution >= 4 is 9.84 Å². The van der Waals surface area contributed by atoms with Gasteiger partial charge >= 0.3 is 5.76 Å². The molecule has 1 aromatic carbocycles. The van der Waals surface area contributed by atoms with Crippen LogP contribution in [0, 0.1) is 5.92 Å². The lowest BCUT2D eigenvalue weighted by Crippen LogP contribution is -2.37. The first-order valence-corrected chi connectivity index (χ1v) is 7.71. The van der Waals surface area contributed by atoms with Gasteiger partial charge in [0.1, 0.15) is 10.6 Å². The fourth-order valence-corrected chi connectivity index (χ4v) is 3.32.